The van der Waals surface area contributed by atoms with E-state index in [-0.39, 0.29) is 30.8 Å². The normalized spacial score (nSPS) is 12.2. The zero-order valence-electron chi connectivity index (χ0n) is 9.95. The van der Waals surface area contributed by atoms with Crippen LogP contribution in [0.15, 0.2) is 24.3 Å². The highest BCUT2D eigenvalue weighted by Gasteiger charge is 2.10. The van der Waals surface area contributed by atoms with Crippen LogP contribution in [0.5, 0.6) is 0 Å². The topological polar surface area (TPSA) is 49.3 Å². The molecule has 4 heteroatoms. The first-order chi connectivity index (χ1) is 8.15. The van der Waals surface area contributed by atoms with Crippen molar-refractivity contribution in [3.05, 3.63) is 35.6 Å². The first-order valence-corrected chi connectivity index (χ1v) is 5.80. The number of amides is 1. The summed E-state index contributed by atoms with van der Waals surface area (Å²) in [4.78, 5) is 11.7. The van der Waals surface area contributed by atoms with Crippen LogP contribution in [-0.4, -0.2) is 23.7 Å². The van der Waals surface area contributed by atoms with Gasteiger partial charge in [-0.05, 0) is 30.5 Å². The van der Waals surface area contributed by atoms with Crippen LogP contribution in [0.4, 0.5) is 4.39 Å². The maximum absolute atomic E-state index is 12.7. The van der Waals surface area contributed by atoms with Crippen LogP contribution in [0.25, 0.3) is 0 Å². The largest absolute Gasteiger partial charge is 0.396 e. The van der Waals surface area contributed by atoms with Gasteiger partial charge in [0.2, 0.25) is 5.91 Å². The third-order valence-electron chi connectivity index (χ3n) is 2.61. The predicted molar refractivity (Wildman–Crippen MR) is 64.0 cm³/mol. The lowest BCUT2D eigenvalue weighted by atomic mass is 10.1. The van der Waals surface area contributed by atoms with Crippen molar-refractivity contribution in [1.82, 2.24) is 5.32 Å². The summed E-state index contributed by atoms with van der Waals surface area (Å²) < 4.78 is 12.7. The van der Waals surface area contributed by atoms with Crippen LogP contribution in [0.2, 0.25) is 0 Å². The summed E-state index contributed by atoms with van der Waals surface area (Å²) in [6, 6.07) is 5.89. The Balaban J connectivity index is 2.46. The quantitative estimate of drug-likeness (QED) is 0.793. The van der Waals surface area contributed by atoms with Gasteiger partial charge in [0.1, 0.15) is 5.82 Å². The van der Waals surface area contributed by atoms with E-state index < -0.39 is 0 Å². The van der Waals surface area contributed by atoms with Crippen molar-refractivity contribution in [2.75, 3.05) is 6.61 Å². The number of hydrogen-bond donors (Lipinski definition) is 2. The average Bonchev–Trinajstić information content (AvgIpc) is 2.31. The number of carbonyl (C=O) groups excluding carboxylic acids is 1. The fraction of sp³-hybridized carbons (Fsp3) is 0.462. The molecule has 0 saturated heterocycles. The zero-order chi connectivity index (χ0) is 12.7. The van der Waals surface area contributed by atoms with Crippen LogP contribution < -0.4 is 5.32 Å². The molecule has 0 fully saturated rings. The van der Waals surface area contributed by atoms with Crippen molar-refractivity contribution >= 4 is 5.91 Å². The smallest absolute Gasteiger partial charge is 0.224 e. The Bertz CT molecular complexity index is 351. The van der Waals surface area contributed by atoms with Crippen LogP contribution >= 0.6 is 0 Å². The first kappa shape index (κ1) is 13.6. The van der Waals surface area contributed by atoms with E-state index in [1.807, 2.05) is 6.92 Å². The van der Waals surface area contributed by atoms with E-state index in [0.717, 1.165) is 12.0 Å². The third-order valence-corrected chi connectivity index (χ3v) is 2.61. The molecule has 0 aliphatic carbocycles. The molecule has 0 heterocycles. The number of halogens is 1. The van der Waals surface area contributed by atoms with Gasteiger partial charge in [0.05, 0.1) is 6.42 Å². The number of hydrogen-bond acceptors (Lipinski definition) is 2. The molecule has 1 rings (SSSR count). The van der Waals surface area contributed by atoms with Gasteiger partial charge >= 0.3 is 0 Å². The first-order valence-electron chi connectivity index (χ1n) is 5.80. The lowest BCUT2D eigenvalue weighted by Crippen LogP contribution is -2.36. The van der Waals surface area contributed by atoms with Gasteiger partial charge in [-0.15, -0.1) is 0 Å². The number of aliphatic hydroxyl groups is 1. The molecule has 17 heavy (non-hydrogen) atoms. The predicted octanol–water partition coefficient (Wildman–Crippen LogP) is 1.65. The maximum atomic E-state index is 12.7. The van der Waals surface area contributed by atoms with Crippen LogP contribution in [0.3, 0.4) is 0 Å². The van der Waals surface area contributed by atoms with Gasteiger partial charge in [0.15, 0.2) is 0 Å². The molecule has 1 aromatic rings. The van der Waals surface area contributed by atoms with Crippen molar-refractivity contribution in [3.8, 4) is 0 Å². The Morgan fingerprint density at radius 1 is 1.41 bits per heavy atom. The summed E-state index contributed by atoms with van der Waals surface area (Å²) in [5, 5.41) is 11.6. The second-order valence-electron chi connectivity index (χ2n) is 3.99. The van der Waals surface area contributed by atoms with Gasteiger partial charge in [-0.1, -0.05) is 19.1 Å². The molecule has 0 spiro atoms. The SMILES string of the molecule is CCC(CCO)NC(=O)Cc1ccc(F)cc1. The summed E-state index contributed by atoms with van der Waals surface area (Å²) in [7, 11) is 0. The summed E-state index contributed by atoms with van der Waals surface area (Å²) in [5.74, 6) is -0.405. The number of carbonyl (C=O) groups is 1. The van der Waals surface area contributed by atoms with E-state index >= 15 is 0 Å². The molecule has 1 amide bonds. The highest BCUT2D eigenvalue weighted by molar-refractivity contribution is 5.78. The Hall–Kier alpha value is -1.42. The Morgan fingerprint density at radius 3 is 2.59 bits per heavy atom. The minimum Gasteiger partial charge on any atom is -0.396 e. The molecule has 0 aliphatic rings. The van der Waals surface area contributed by atoms with E-state index in [9.17, 15) is 9.18 Å². The molecule has 0 aromatic heterocycles. The number of nitrogens with one attached hydrogen (secondary N) is 1. The van der Waals surface area contributed by atoms with Crippen molar-refractivity contribution in [2.24, 2.45) is 0 Å². The molecular weight excluding hydrogens is 221 g/mol. The summed E-state index contributed by atoms with van der Waals surface area (Å²) in [6.07, 6.45) is 1.59. The number of aliphatic hydroxyl groups excluding tert-OH is 1. The van der Waals surface area contributed by atoms with Crippen molar-refractivity contribution in [3.63, 3.8) is 0 Å². The molecule has 1 unspecified atom stereocenters. The Morgan fingerprint density at radius 2 is 2.06 bits per heavy atom. The summed E-state index contributed by atoms with van der Waals surface area (Å²) >= 11 is 0. The van der Waals surface area contributed by atoms with Crippen LogP contribution in [0.1, 0.15) is 25.3 Å². The summed E-state index contributed by atoms with van der Waals surface area (Å²) in [6.45, 7) is 2.02. The van der Waals surface area contributed by atoms with E-state index in [0.29, 0.717) is 6.42 Å². The molecular formula is C13H18FNO2. The molecule has 1 atom stereocenters. The van der Waals surface area contributed by atoms with Gasteiger partial charge < -0.3 is 10.4 Å². The minimum atomic E-state index is -0.305. The zero-order valence-corrected chi connectivity index (χ0v) is 9.95. The highest BCUT2D eigenvalue weighted by atomic mass is 19.1. The van der Waals surface area contributed by atoms with E-state index in [2.05, 4.69) is 5.32 Å². The second kappa shape index (κ2) is 7.01. The molecule has 0 saturated carbocycles. The highest BCUT2D eigenvalue weighted by Crippen LogP contribution is 2.04. The van der Waals surface area contributed by atoms with Crippen molar-refractivity contribution < 1.29 is 14.3 Å². The Kier molecular flexibility index (Phi) is 5.63. The van der Waals surface area contributed by atoms with Gasteiger partial charge in [0.25, 0.3) is 0 Å². The molecule has 0 aliphatic heterocycles. The summed E-state index contributed by atoms with van der Waals surface area (Å²) in [5.41, 5.74) is 0.780. The average molecular weight is 239 g/mol. The van der Waals surface area contributed by atoms with Gasteiger partial charge in [0, 0.05) is 12.6 Å². The van der Waals surface area contributed by atoms with E-state index in [4.69, 9.17) is 5.11 Å². The fourth-order valence-corrected chi connectivity index (χ4v) is 1.60. The standard InChI is InChI=1S/C13H18FNO2/c1-2-12(7-8-16)15-13(17)9-10-3-5-11(14)6-4-10/h3-6,12,16H,2,7-9H2,1H3,(H,15,17). The maximum Gasteiger partial charge on any atom is 0.224 e. The number of rotatable bonds is 6. The van der Waals surface area contributed by atoms with Crippen molar-refractivity contribution in [2.45, 2.75) is 32.2 Å². The van der Waals surface area contributed by atoms with E-state index in [1.54, 1.807) is 12.1 Å². The molecule has 3 nitrogen and oxygen atoms in total. The molecule has 2 N–H and O–H groups in total. The monoisotopic (exact) mass is 239 g/mol. The van der Waals surface area contributed by atoms with Gasteiger partial charge in [-0.3, -0.25) is 4.79 Å². The molecule has 0 bridgehead atoms. The van der Waals surface area contributed by atoms with E-state index in [1.165, 1.54) is 12.1 Å². The lowest BCUT2D eigenvalue weighted by molar-refractivity contribution is -0.121. The second-order valence-corrected chi connectivity index (χ2v) is 3.99. The minimum absolute atomic E-state index is 0.00736. The molecule has 0 radical (unpaired) electrons. The fourth-order valence-electron chi connectivity index (χ4n) is 1.60. The number of benzene rings is 1. The van der Waals surface area contributed by atoms with Crippen LogP contribution in [-0.2, 0) is 11.2 Å². The van der Waals surface area contributed by atoms with Crippen molar-refractivity contribution in [1.29, 1.82) is 0 Å². The van der Waals surface area contributed by atoms with Gasteiger partial charge in [-0.25, -0.2) is 4.39 Å². The lowest BCUT2D eigenvalue weighted by Gasteiger charge is -2.15. The molecule has 1 aromatic carbocycles. The van der Waals surface area contributed by atoms with Gasteiger partial charge in [-0.2, -0.15) is 0 Å². The third kappa shape index (κ3) is 4.95. The molecule has 94 valence electrons. The Labute approximate surface area is 101 Å². The van der Waals surface area contributed by atoms with Crippen LogP contribution in [0, 0.1) is 5.82 Å².